The van der Waals surface area contributed by atoms with Crippen LogP contribution in [0.25, 0.3) is 11.3 Å². The number of likely N-dealkylation sites (tertiary alicyclic amines) is 1. The van der Waals surface area contributed by atoms with Crippen molar-refractivity contribution in [2.24, 2.45) is 0 Å². The molecule has 1 N–H and O–H groups in total. The molecule has 0 unspecified atom stereocenters. The third kappa shape index (κ3) is 4.14. The summed E-state index contributed by atoms with van der Waals surface area (Å²) < 4.78 is 5.17. The Kier molecular flexibility index (Phi) is 5.84. The summed E-state index contributed by atoms with van der Waals surface area (Å²) in [6.07, 6.45) is 1.46. The number of halogens is 1. The number of carbonyl (C=O) groups is 2. The molecule has 1 saturated heterocycles. The van der Waals surface area contributed by atoms with Gasteiger partial charge in [0.15, 0.2) is 5.13 Å². The lowest BCUT2D eigenvalue weighted by molar-refractivity contribution is -0.119. The van der Waals surface area contributed by atoms with E-state index in [1.807, 2.05) is 22.9 Å². The minimum Gasteiger partial charge on any atom is -0.495 e. The Morgan fingerprint density at radius 2 is 2.17 bits per heavy atom. The molecular formula is C20H18ClN3O3S2. The zero-order chi connectivity index (χ0) is 20.4. The second-order valence-electron chi connectivity index (χ2n) is 6.51. The van der Waals surface area contributed by atoms with E-state index in [1.54, 1.807) is 30.2 Å². The van der Waals surface area contributed by atoms with Crippen LogP contribution >= 0.6 is 34.3 Å². The van der Waals surface area contributed by atoms with Crippen molar-refractivity contribution in [3.63, 3.8) is 0 Å². The molecule has 0 radical (unpaired) electrons. The number of rotatable bonds is 5. The van der Waals surface area contributed by atoms with E-state index in [1.165, 1.54) is 22.7 Å². The largest absolute Gasteiger partial charge is 0.495 e. The molecule has 0 bridgehead atoms. The van der Waals surface area contributed by atoms with Crippen LogP contribution in [0.3, 0.4) is 0 Å². The maximum absolute atomic E-state index is 12.8. The van der Waals surface area contributed by atoms with E-state index < -0.39 is 6.04 Å². The van der Waals surface area contributed by atoms with Gasteiger partial charge in [-0.05, 0) is 42.5 Å². The number of benzene rings is 1. The third-order valence-corrected chi connectivity index (χ3v) is 6.64. The van der Waals surface area contributed by atoms with Crippen molar-refractivity contribution < 1.29 is 14.3 Å². The molecule has 6 nitrogen and oxygen atoms in total. The molecule has 3 heterocycles. The predicted octanol–water partition coefficient (Wildman–Crippen LogP) is 4.78. The molecule has 4 rings (SSSR count). The average Bonchev–Trinajstić information content (AvgIpc) is 3.48. The smallest absolute Gasteiger partial charge is 0.264 e. The Labute approximate surface area is 181 Å². The molecule has 2 amide bonds. The number of hydrogen-bond donors (Lipinski definition) is 1. The first kappa shape index (κ1) is 19.9. The zero-order valence-corrected chi connectivity index (χ0v) is 17.9. The van der Waals surface area contributed by atoms with Gasteiger partial charge < -0.3 is 15.0 Å². The summed E-state index contributed by atoms with van der Waals surface area (Å²) >= 11 is 8.91. The number of thiazole rings is 1. The number of nitrogens with one attached hydrogen (secondary N) is 1. The second kappa shape index (κ2) is 8.52. The molecule has 29 heavy (non-hydrogen) atoms. The van der Waals surface area contributed by atoms with Gasteiger partial charge in [0.25, 0.3) is 5.91 Å². The summed E-state index contributed by atoms with van der Waals surface area (Å²) in [6, 6.07) is 8.57. The molecule has 1 fully saturated rings. The van der Waals surface area contributed by atoms with E-state index in [2.05, 4.69) is 10.3 Å². The van der Waals surface area contributed by atoms with E-state index in [-0.39, 0.29) is 11.8 Å². The van der Waals surface area contributed by atoms with Crippen LogP contribution in [-0.4, -0.2) is 41.4 Å². The summed E-state index contributed by atoms with van der Waals surface area (Å²) in [4.78, 5) is 32.3. The number of carbonyl (C=O) groups excluding carboxylic acids is 2. The van der Waals surface area contributed by atoms with E-state index in [0.29, 0.717) is 39.4 Å². The maximum atomic E-state index is 12.8. The number of ether oxygens (including phenoxy) is 1. The Morgan fingerprint density at radius 1 is 1.31 bits per heavy atom. The number of methoxy groups -OCH3 is 1. The molecule has 3 aromatic rings. The van der Waals surface area contributed by atoms with Gasteiger partial charge in [-0.1, -0.05) is 17.7 Å². The fourth-order valence-corrected chi connectivity index (χ4v) is 4.96. The fourth-order valence-electron chi connectivity index (χ4n) is 3.30. The van der Waals surface area contributed by atoms with Crippen LogP contribution in [0.4, 0.5) is 5.13 Å². The number of nitrogens with zero attached hydrogens (tertiary/aromatic N) is 2. The summed E-state index contributed by atoms with van der Waals surface area (Å²) in [5.74, 6) is 0.294. The lowest BCUT2D eigenvalue weighted by Crippen LogP contribution is -2.42. The molecule has 1 atom stereocenters. The molecule has 0 spiro atoms. The number of hydrogen-bond acceptors (Lipinski definition) is 6. The van der Waals surface area contributed by atoms with Crippen molar-refractivity contribution in [2.45, 2.75) is 18.9 Å². The van der Waals surface area contributed by atoms with Crippen LogP contribution in [0.1, 0.15) is 22.5 Å². The van der Waals surface area contributed by atoms with Crippen LogP contribution in [0.5, 0.6) is 5.75 Å². The topological polar surface area (TPSA) is 71.5 Å². The van der Waals surface area contributed by atoms with Crippen LogP contribution in [0.2, 0.25) is 5.02 Å². The normalized spacial score (nSPS) is 16.1. The van der Waals surface area contributed by atoms with Crippen LogP contribution in [-0.2, 0) is 4.79 Å². The predicted molar refractivity (Wildman–Crippen MR) is 116 cm³/mol. The van der Waals surface area contributed by atoms with Gasteiger partial charge in [0.05, 0.1) is 22.7 Å². The molecule has 0 saturated carbocycles. The highest BCUT2D eigenvalue weighted by molar-refractivity contribution is 7.14. The molecule has 9 heteroatoms. The van der Waals surface area contributed by atoms with Crippen molar-refractivity contribution in [3.05, 3.63) is 51.0 Å². The molecule has 1 aromatic carbocycles. The van der Waals surface area contributed by atoms with Gasteiger partial charge in [0.1, 0.15) is 11.8 Å². The van der Waals surface area contributed by atoms with Gasteiger partial charge in [0, 0.05) is 17.5 Å². The highest BCUT2D eigenvalue weighted by Crippen LogP contribution is 2.32. The van der Waals surface area contributed by atoms with Crippen molar-refractivity contribution in [3.8, 4) is 17.0 Å². The number of anilines is 1. The minimum atomic E-state index is -0.479. The summed E-state index contributed by atoms with van der Waals surface area (Å²) in [7, 11) is 1.56. The maximum Gasteiger partial charge on any atom is 0.264 e. The number of amides is 2. The first-order chi connectivity index (χ1) is 14.1. The first-order valence-corrected chi connectivity index (χ1v) is 11.2. The monoisotopic (exact) mass is 447 g/mol. The van der Waals surface area contributed by atoms with Gasteiger partial charge in [-0.3, -0.25) is 9.59 Å². The van der Waals surface area contributed by atoms with Crippen molar-refractivity contribution in [1.29, 1.82) is 0 Å². The van der Waals surface area contributed by atoms with E-state index in [0.717, 1.165) is 12.0 Å². The average molecular weight is 448 g/mol. The van der Waals surface area contributed by atoms with E-state index >= 15 is 0 Å². The standard InChI is InChI=1S/C20H18ClN3O3S2/c1-27-16-7-6-12(10-13(16)21)14-11-29-20(22-14)23-18(25)15-4-2-8-24(15)19(26)17-5-3-9-28-17/h3,5-7,9-11,15H,2,4,8H2,1H3,(H,22,23,25)/t15-/m0/s1. The quantitative estimate of drug-likeness (QED) is 0.611. The van der Waals surface area contributed by atoms with Crippen LogP contribution in [0.15, 0.2) is 41.1 Å². The molecule has 150 valence electrons. The van der Waals surface area contributed by atoms with Gasteiger partial charge >= 0.3 is 0 Å². The summed E-state index contributed by atoms with van der Waals surface area (Å²) in [5.41, 5.74) is 1.55. The summed E-state index contributed by atoms with van der Waals surface area (Å²) in [6.45, 7) is 0.586. The Hall–Kier alpha value is -2.42. The lowest BCUT2D eigenvalue weighted by atomic mass is 10.2. The molecule has 1 aliphatic rings. The third-order valence-electron chi connectivity index (χ3n) is 4.73. The van der Waals surface area contributed by atoms with Crippen LogP contribution in [0, 0.1) is 0 Å². The highest BCUT2D eigenvalue weighted by Gasteiger charge is 2.35. The van der Waals surface area contributed by atoms with E-state index in [4.69, 9.17) is 16.3 Å². The summed E-state index contributed by atoms with van der Waals surface area (Å²) in [5, 5.41) is 7.57. The molecule has 2 aromatic heterocycles. The van der Waals surface area contributed by atoms with Gasteiger partial charge in [-0.25, -0.2) is 4.98 Å². The minimum absolute atomic E-state index is 0.0923. The van der Waals surface area contributed by atoms with E-state index in [9.17, 15) is 9.59 Å². The number of thiophene rings is 1. The molecule has 0 aliphatic carbocycles. The second-order valence-corrected chi connectivity index (χ2v) is 8.72. The zero-order valence-electron chi connectivity index (χ0n) is 15.6. The van der Waals surface area contributed by atoms with Crippen LogP contribution < -0.4 is 10.1 Å². The lowest BCUT2D eigenvalue weighted by Gasteiger charge is -2.22. The van der Waals surface area contributed by atoms with Crippen molar-refractivity contribution in [1.82, 2.24) is 9.88 Å². The van der Waals surface area contributed by atoms with Crippen molar-refractivity contribution >= 4 is 51.2 Å². The Bertz CT molecular complexity index is 1040. The number of aromatic nitrogens is 1. The van der Waals surface area contributed by atoms with Crippen molar-refractivity contribution in [2.75, 3.05) is 19.0 Å². The Morgan fingerprint density at radius 3 is 2.90 bits per heavy atom. The highest BCUT2D eigenvalue weighted by atomic mass is 35.5. The molecule has 1 aliphatic heterocycles. The van der Waals surface area contributed by atoms with Gasteiger partial charge in [-0.15, -0.1) is 22.7 Å². The molecular weight excluding hydrogens is 430 g/mol. The van der Waals surface area contributed by atoms with Gasteiger partial charge in [0.2, 0.25) is 5.91 Å². The first-order valence-electron chi connectivity index (χ1n) is 9.01. The Balaban J connectivity index is 1.46. The fraction of sp³-hybridized carbons (Fsp3) is 0.250. The van der Waals surface area contributed by atoms with Gasteiger partial charge in [-0.2, -0.15) is 0 Å². The SMILES string of the molecule is COc1ccc(-c2csc(NC(=O)[C@@H]3CCCN3C(=O)c3cccs3)n2)cc1Cl.